The van der Waals surface area contributed by atoms with E-state index in [0.29, 0.717) is 23.7 Å². The average molecular weight is 658 g/mol. The Morgan fingerprint density at radius 2 is 1.69 bits per heavy atom. The lowest BCUT2D eigenvalue weighted by Gasteiger charge is -2.42. The first-order valence-electron chi connectivity index (χ1n) is 14.3. The zero-order valence-electron chi connectivity index (χ0n) is 25.9. The summed E-state index contributed by atoms with van der Waals surface area (Å²) < 4.78 is 52.6. The van der Waals surface area contributed by atoms with Crippen LogP contribution in [0, 0.1) is 0 Å². The quantitative estimate of drug-likeness (QED) is 0.320. The van der Waals surface area contributed by atoms with Gasteiger partial charge in [0.25, 0.3) is 15.9 Å². The number of carbonyl (C=O) groups is 2. The molecule has 2 aliphatic heterocycles. The maximum atomic E-state index is 15.4. The standard InChI is InChI=1S/C32H36ClN3O8S/c1-7-44-22-17-26(30(37)34(2)3)35(19-22)32(23-10-8-9-11-27(23)42-5)24-16-20(33)12-14-25(24)36(31(32)38)45(39,40)29-15-13-21(41-4)18-28(29)43-6/h8-16,18,22,26H,7,17,19H2,1-6H3/t22-,26+,32+/m1/s1. The van der Waals surface area contributed by atoms with E-state index in [0.717, 1.165) is 4.31 Å². The van der Waals surface area contributed by atoms with Crippen molar-refractivity contribution in [1.82, 2.24) is 9.80 Å². The summed E-state index contributed by atoms with van der Waals surface area (Å²) in [4.78, 5) is 32.1. The number of fused-ring (bicyclic) bond motifs is 1. The number of likely N-dealkylation sites (N-methyl/N-ethyl adjacent to an activating group) is 1. The molecule has 2 aliphatic rings. The summed E-state index contributed by atoms with van der Waals surface area (Å²) in [7, 11) is 2.91. The van der Waals surface area contributed by atoms with Crippen molar-refractivity contribution in [3.8, 4) is 17.2 Å². The second-order valence-corrected chi connectivity index (χ2v) is 13.1. The van der Waals surface area contributed by atoms with Crippen molar-refractivity contribution < 1.29 is 37.0 Å². The van der Waals surface area contributed by atoms with Crippen molar-refractivity contribution in [2.24, 2.45) is 0 Å². The number of hydrogen-bond acceptors (Lipinski definition) is 9. The topological polar surface area (TPSA) is 115 Å². The molecule has 11 nitrogen and oxygen atoms in total. The fourth-order valence-electron chi connectivity index (χ4n) is 6.36. The summed E-state index contributed by atoms with van der Waals surface area (Å²) >= 11 is 6.59. The predicted molar refractivity (Wildman–Crippen MR) is 169 cm³/mol. The number of anilines is 1. The maximum Gasteiger partial charge on any atom is 0.274 e. The average Bonchev–Trinajstić information content (AvgIpc) is 3.56. The minimum atomic E-state index is -4.62. The molecule has 0 saturated carbocycles. The first-order chi connectivity index (χ1) is 21.5. The number of carbonyl (C=O) groups excluding carboxylic acids is 2. The van der Waals surface area contributed by atoms with E-state index in [4.69, 9.17) is 30.5 Å². The molecular weight excluding hydrogens is 622 g/mol. The lowest BCUT2D eigenvalue weighted by Crippen LogP contribution is -2.59. The summed E-state index contributed by atoms with van der Waals surface area (Å²) in [5.74, 6) is -0.394. The van der Waals surface area contributed by atoms with E-state index >= 15 is 4.79 Å². The Hall–Kier alpha value is -3.84. The van der Waals surface area contributed by atoms with Crippen molar-refractivity contribution in [3.05, 3.63) is 76.8 Å². The van der Waals surface area contributed by atoms with Gasteiger partial charge >= 0.3 is 0 Å². The normalized spacial score (nSPS) is 21.5. The van der Waals surface area contributed by atoms with E-state index < -0.39 is 33.6 Å². The van der Waals surface area contributed by atoms with Crippen molar-refractivity contribution >= 4 is 39.1 Å². The van der Waals surface area contributed by atoms with Gasteiger partial charge in [-0.3, -0.25) is 14.5 Å². The van der Waals surface area contributed by atoms with Gasteiger partial charge in [-0.25, -0.2) is 12.7 Å². The molecule has 240 valence electrons. The third-order valence-electron chi connectivity index (χ3n) is 8.27. The van der Waals surface area contributed by atoms with Crippen LogP contribution in [0.4, 0.5) is 5.69 Å². The van der Waals surface area contributed by atoms with Crippen LogP contribution in [-0.4, -0.2) is 90.8 Å². The van der Waals surface area contributed by atoms with Gasteiger partial charge in [0.15, 0.2) is 5.54 Å². The Morgan fingerprint density at radius 3 is 2.33 bits per heavy atom. The maximum absolute atomic E-state index is 15.4. The minimum absolute atomic E-state index is 0.00861. The van der Waals surface area contributed by atoms with Gasteiger partial charge in [0.2, 0.25) is 5.91 Å². The van der Waals surface area contributed by atoms with Crippen LogP contribution < -0.4 is 18.5 Å². The number of hydrogen-bond donors (Lipinski definition) is 0. The molecule has 3 atom stereocenters. The fraction of sp³-hybridized carbons (Fsp3) is 0.375. The highest BCUT2D eigenvalue weighted by molar-refractivity contribution is 7.93. The molecule has 3 aromatic rings. The van der Waals surface area contributed by atoms with Gasteiger partial charge in [0, 0.05) is 49.5 Å². The van der Waals surface area contributed by atoms with Crippen LogP contribution in [-0.2, 0) is 29.9 Å². The molecule has 0 N–H and O–H groups in total. The molecule has 0 bridgehead atoms. The summed E-state index contributed by atoms with van der Waals surface area (Å²) in [6, 6.07) is 14.9. The number of rotatable bonds is 10. The van der Waals surface area contributed by atoms with Gasteiger partial charge in [-0.2, -0.15) is 0 Å². The van der Waals surface area contributed by atoms with Crippen molar-refractivity contribution in [3.63, 3.8) is 0 Å². The molecule has 0 spiro atoms. The molecule has 1 fully saturated rings. The van der Waals surface area contributed by atoms with Crippen LogP contribution in [0.3, 0.4) is 0 Å². The van der Waals surface area contributed by atoms with Crippen molar-refractivity contribution in [2.45, 2.75) is 35.9 Å². The van der Waals surface area contributed by atoms with Crippen LogP contribution >= 0.6 is 11.6 Å². The van der Waals surface area contributed by atoms with Gasteiger partial charge in [0.1, 0.15) is 22.1 Å². The second kappa shape index (κ2) is 12.5. The molecule has 1 saturated heterocycles. The first-order valence-corrected chi connectivity index (χ1v) is 16.1. The zero-order valence-corrected chi connectivity index (χ0v) is 27.5. The number of para-hydroxylation sites is 1. The van der Waals surface area contributed by atoms with E-state index in [-0.39, 0.29) is 45.8 Å². The van der Waals surface area contributed by atoms with E-state index in [2.05, 4.69) is 0 Å². The van der Waals surface area contributed by atoms with Gasteiger partial charge in [-0.1, -0.05) is 29.8 Å². The van der Waals surface area contributed by atoms with Crippen LogP contribution in [0.5, 0.6) is 17.2 Å². The second-order valence-electron chi connectivity index (χ2n) is 10.9. The van der Waals surface area contributed by atoms with Crippen LogP contribution in [0.25, 0.3) is 0 Å². The lowest BCUT2D eigenvalue weighted by molar-refractivity contribution is -0.138. The van der Waals surface area contributed by atoms with Crippen LogP contribution in [0.1, 0.15) is 24.5 Å². The molecule has 0 radical (unpaired) electrons. The Morgan fingerprint density at radius 1 is 0.978 bits per heavy atom. The smallest absolute Gasteiger partial charge is 0.274 e. The van der Waals surface area contributed by atoms with E-state index in [1.807, 2.05) is 6.92 Å². The summed E-state index contributed by atoms with van der Waals surface area (Å²) in [5.41, 5.74) is -1.13. The van der Waals surface area contributed by atoms with Gasteiger partial charge in [-0.05, 0) is 49.7 Å². The molecule has 0 aromatic heterocycles. The van der Waals surface area contributed by atoms with Gasteiger partial charge < -0.3 is 23.8 Å². The van der Waals surface area contributed by atoms with Crippen molar-refractivity contribution in [2.75, 3.05) is 52.9 Å². The van der Waals surface area contributed by atoms with Crippen LogP contribution in [0.15, 0.2) is 65.6 Å². The zero-order chi connectivity index (χ0) is 32.7. The summed E-state index contributed by atoms with van der Waals surface area (Å²) in [6.45, 7) is 2.39. The van der Waals surface area contributed by atoms with Gasteiger partial charge in [0.05, 0.1) is 39.2 Å². The molecular formula is C32H36ClN3O8S. The Labute approximate surface area is 268 Å². The first kappa shape index (κ1) is 32.6. The molecule has 0 unspecified atom stereocenters. The third-order valence-corrected chi connectivity index (χ3v) is 10.2. The van der Waals surface area contributed by atoms with Gasteiger partial charge in [-0.15, -0.1) is 0 Å². The molecule has 2 amide bonds. The number of halogens is 1. The number of likely N-dealkylation sites (tertiary alicyclic amines) is 1. The summed E-state index contributed by atoms with van der Waals surface area (Å²) in [5, 5.41) is 0.276. The number of ether oxygens (including phenoxy) is 4. The Balaban J connectivity index is 1.86. The highest BCUT2D eigenvalue weighted by Crippen LogP contribution is 2.55. The SMILES string of the molecule is CCO[C@@H]1C[C@@H](C(=O)N(C)C)N([C@]2(c3ccccc3OC)C(=O)N(S(=O)(=O)c3ccc(OC)cc3OC)c3ccc(Cl)cc32)C1. The number of nitrogens with zero attached hydrogens (tertiary/aromatic N) is 3. The number of sulfonamides is 1. The Kier molecular flexibility index (Phi) is 9.05. The fourth-order valence-corrected chi connectivity index (χ4v) is 8.14. The highest BCUT2D eigenvalue weighted by atomic mass is 35.5. The van der Waals surface area contributed by atoms with Crippen LogP contribution in [0.2, 0.25) is 5.02 Å². The lowest BCUT2D eigenvalue weighted by atomic mass is 9.80. The Bertz CT molecular complexity index is 1730. The molecule has 3 aromatic carbocycles. The molecule has 5 rings (SSSR count). The monoisotopic (exact) mass is 657 g/mol. The third kappa shape index (κ3) is 5.19. The largest absolute Gasteiger partial charge is 0.497 e. The minimum Gasteiger partial charge on any atom is -0.497 e. The number of methoxy groups -OCH3 is 3. The molecule has 2 heterocycles. The summed E-state index contributed by atoms with van der Waals surface area (Å²) in [6.07, 6.45) is -0.137. The van der Waals surface area contributed by atoms with E-state index in [1.54, 1.807) is 49.3 Å². The molecule has 45 heavy (non-hydrogen) atoms. The van der Waals surface area contributed by atoms with E-state index in [1.165, 1.54) is 56.6 Å². The highest BCUT2D eigenvalue weighted by Gasteiger charge is 2.64. The predicted octanol–water partition coefficient (Wildman–Crippen LogP) is 3.91. The number of benzene rings is 3. The molecule has 0 aliphatic carbocycles. The molecule has 13 heteroatoms. The number of amides is 2. The van der Waals surface area contributed by atoms with Crippen molar-refractivity contribution in [1.29, 1.82) is 0 Å². The van der Waals surface area contributed by atoms with E-state index in [9.17, 15) is 13.2 Å².